The lowest BCUT2D eigenvalue weighted by atomic mass is 10.1. The van der Waals surface area contributed by atoms with E-state index in [-0.39, 0.29) is 12.0 Å². The van der Waals surface area contributed by atoms with Crippen molar-refractivity contribution >= 4 is 11.6 Å². The van der Waals surface area contributed by atoms with Crippen LogP contribution in [0.15, 0.2) is 36.4 Å². The van der Waals surface area contributed by atoms with Crippen LogP contribution in [0.1, 0.15) is 10.4 Å². The smallest absolute Gasteiger partial charge is 0.255 e. The molecule has 1 atom stereocenters. The number of hydrogen-bond donors (Lipinski definition) is 1. The Balaban J connectivity index is 1.70. The summed E-state index contributed by atoms with van der Waals surface area (Å²) in [5, 5.41) is 2.83. The van der Waals surface area contributed by atoms with Crippen LogP contribution in [-0.2, 0) is 4.74 Å². The number of amides is 1. The van der Waals surface area contributed by atoms with E-state index >= 15 is 0 Å². The molecule has 26 heavy (non-hydrogen) atoms. The van der Waals surface area contributed by atoms with Crippen molar-refractivity contribution in [2.24, 2.45) is 0 Å². The first-order valence-corrected chi connectivity index (χ1v) is 8.10. The molecular weight excluding hydrogens is 338 g/mol. The number of epoxide rings is 1. The Bertz CT molecular complexity index is 745. The molecule has 2 aromatic rings. The number of benzene rings is 2. The van der Waals surface area contributed by atoms with E-state index in [1.165, 1.54) is 21.3 Å². The van der Waals surface area contributed by atoms with Crippen molar-refractivity contribution in [2.75, 3.05) is 39.9 Å². The molecule has 7 nitrogen and oxygen atoms in total. The van der Waals surface area contributed by atoms with Crippen molar-refractivity contribution < 1.29 is 28.5 Å². The van der Waals surface area contributed by atoms with Gasteiger partial charge in [0.1, 0.15) is 18.5 Å². The minimum Gasteiger partial charge on any atom is -0.493 e. The van der Waals surface area contributed by atoms with E-state index in [0.29, 0.717) is 35.1 Å². The van der Waals surface area contributed by atoms with Gasteiger partial charge in [0.2, 0.25) is 5.75 Å². The summed E-state index contributed by atoms with van der Waals surface area (Å²) in [5.74, 6) is 1.72. The molecule has 0 radical (unpaired) electrons. The second kappa shape index (κ2) is 7.97. The standard InChI is InChI=1S/C19H21NO6/c1-22-16-8-12(9-17(23-2)18(16)24-3)19(21)20-13-4-6-14(7-5-13)25-10-15-11-26-15/h4-9,15H,10-11H2,1-3H3,(H,20,21). The first-order chi connectivity index (χ1) is 12.6. The molecule has 0 spiro atoms. The minimum atomic E-state index is -0.288. The van der Waals surface area contributed by atoms with Crippen LogP contribution in [0.25, 0.3) is 0 Å². The predicted octanol–water partition coefficient (Wildman–Crippen LogP) is 2.74. The summed E-state index contributed by atoms with van der Waals surface area (Å²) in [5.41, 5.74) is 1.05. The van der Waals surface area contributed by atoms with E-state index in [9.17, 15) is 4.79 Å². The molecular formula is C19H21NO6. The fourth-order valence-corrected chi connectivity index (χ4v) is 2.40. The maximum absolute atomic E-state index is 12.5. The molecule has 1 unspecified atom stereocenters. The van der Waals surface area contributed by atoms with Gasteiger partial charge in [-0.05, 0) is 36.4 Å². The highest BCUT2D eigenvalue weighted by Gasteiger charge is 2.23. The van der Waals surface area contributed by atoms with E-state index in [0.717, 1.165) is 12.4 Å². The van der Waals surface area contributed by atoms with E-state index < -0.39 is 0 Å². The highest BCUT2D eigenvalue weighted by Crippen LogP contribution is 2.38. The Kier molecular flexibility index (Phi) is 5.48. The van der Waals surface area contributed by atoms with Gasteiger partial charge in [0.05, 0.1) is 27.9 Å². The highest BCUT2D eigenvalue weighted by molar-refractivity contribution is 6.05. The summed E-state index contributed by atoms with van der Waals surface area (Å²) < 4.78 is 26.5. The largest absolute Gasteiger partial charge is 0.493 e. The first kappa shape index (κ1) is 17.9. The molecule has 0 aliphatic carbocycles. The van der Waals surface area contributed by atoms with E-state index in [4.69, 9.17) is 23.7 Å². The number of carbonyl (C=O) groups excluding carboxylic acids is 1. The summed E-state index contributed by atoms with van der Waals surface area (Å²) in [6, 6.07) is 10.4. The minimum absolute atomic E-state index is 0.203. The van der Waals surface area contributed by atoms with Crippen LogP contribution in [0, 0.1) is 0 Å². The molecule has 0 bridgehead atoms. The maximum atomic E-state index is 12.5. The molecule has 1 amide bonds. The SMILES string of the molecule is COc1cc(C(=O)Nc2ccc(OCC3CO3)cc2)cc(OC)c1OC. The third-order valence-electron chi connectivity index (χ3n) is 3.88. The summed E-state index contributed by atoms with van der Waals surface area (Å²) in [4.78, 5) is 12.5. The Labute approximate surface area is 151 Å². The Morgan fingerprint density at radius 1 is 1.08 bits per heavy atom. The average molecular weight is 359 g/mol. The number of anilines is 1. The normalized spacial score (nSPS) is 15.1. The van der Waals surface area contributed by atoms with Crippen LogP contribution >= 0.6 is 0 Å². The molecule has 0 saturated carbocycles. The van der Waals surface area contributed by atoms with Crippen LogP contribution in [0.3, 0.4) is 0 Å². The van der Waals surface area contributed by atoms with Gasteiger partial charge in [0, 0.05) is 11.3 Å². The third-order valence-corrected chi connectivity index (χ3v) is 3.88. The molecule has 1 N–H and O–H groups in total. The van der Waals surface area contributed by atoms with Crippen molar-refractivity contribution in [3.05, 3.63) is 42.0 Å². The van der Waals surface area contributed by atoms with Crippen LogP contribution in [-0.4, -0.2) is 46.6 Å². The van der Waals surface area contributed by atoms with Gasteiger partial charge in [-0.15, -0.1) is 0 Å². The van der Waals surface area contributed by atoms with Gasteiger partial charge in [0.15, 0.2) is 11.5 Å². The number of carbonyl (C=O) groups is 1. The molecule has 7 heteroatoms. The summed E-state index contributed by atoms with van der Waals surface area (Å²) in [6.07, 6.45) is 0.203. The van der Waals surface area contributed by atoms with Crippen LogP contribution in [0.2, 0.25) is 0 Å². The molecule has 1 aliphatic rings. The number of methoxy groups -OCH3 is 3. The quantitative estimate of drug-likeness (QED) is 0.730. The average Bonchev–Trinajstić information content (AvgIpc) is 3.50. The second-order valence-corrected chi connectivity index (χ2v) is 5.66. The zero-order chi connectivity index (χ0) is 18.5. The van der Waals surface area contributed by atoms with Gasteiger partial charge in [-0.3, -0.25) is 4.79 Å². The van der Waals surface area contributed by atoms with Gasteiger partial charge in [0.25, 0.3) is 5.91 Å². The zero-order valence-electron chi connectivity index (χ0n) is 14.9. The lowest BCUT2D eigenvalue weighted by Crippen LogP contribution is -2.12. The van der Waals surface area contributed by atoms with E-state index in [1.807, 2.05) is 0 Å². The molecule has 138 valence electrons. The molecule has 1 saturated heterocycles. The fourth-order valence-electron chi connectivity index (χ4n) is 2.40. The van der Waals surface area contributed by atoms with Crippen molar-refractivity contribution in [3.8, 4) is 23.0 Å². The van der Waals surface area contributed by atoms with Gasteiger partial charge >= 0.3 is 0 Å². The number of rotatable bonds is 8. The molecule has 2 aromatic carbocycles. The van der Waals surface area contributed by atoms with Crippen LogP contribution in [0.4, 0.5) is 5.69 Å². The summed E-state index contributed by atoms with van der Waals surface area (Å²) >= 11 is 0. The van der Waals surface area contributed by atoms with E-state index in [2.05, 4.69) is 5.32 Å². The lowest BCUT2D eigenvalue weighted by Gasteiger charge is -2.14. The van der Waals surface area contributed by atoms with Gasteiger partial charge in [-0.25, -0.2) is 0 Å². The molecule has 0 aromatic heterocycles. The third kappa shape index (κ3) is 4.18. The van der Waals surface area contributed by atoms with Crippen molar-refractivity contribution in [2.45, 2.75) is 6.10 Å². The number of ether oxygens (including phenoxy) is 5. The number of hydrogen-bond acceptors (Lipinski definition) is 6. The second-order valence-electron chi connectivity index (χ2n) is 5.66. The van der Waals surface area contributed by atoms with Gasteiger partial charge < -0.3 is 29.0 Å². The lowest BCUT2D eigenvalue weighted by molar-refractivity contribution is 0.102. The predicted molar refractivity (Wildman–Crippen MR) is 95.7 cm³/mol. The zero-order valence-corrected chi connectivity index (χ0v) is 14.9. The van der Waals surface area contributed by atoms with Crippen molar-refractivity contribution in [1.82, 2.24) is 0 Å². The van der Waals surface area contributed by atoms with Crippen LogP contribution < -0.4 is 24.3 Å². The van der Waals surface area contributed by atoms with Gasteiger partial charge in [-0.2, -0.15) is 0 Å². The van der Waals surface area contributed by atoms with Gasteiger partial charge in [-0.1, -0.05) is 0 Å². The van der Waals surface area contributed by atoms with E-state index in [1.54, 1.807) is 36.4 Å². The fraction of sp³-hybridized carbons (Fsp3) is 0.316. The van der Waals surface area contributed by atoms with Crippen molar-refractivity contribution in [1.29, 1.82) is 0 Å². The Morgan fingerprint density at radius 3 is 2.19 bits per heavy atom. The Morgan fingerprint density at radius 2 is 1.69 bits per heavy atom. The molecule has 1 fully saturated rings. The highest BCUT2D eigenvalue weighted by atomic mass is 16.6. The molecule has 3 rings (SSSR count). The molecule has 1 aliphatic heterocycles. The number of nitrogens with one attached hydrogen (secondary N) is 1. The first-order valence-electron chi connectivity index (χ1n) is 8.10. The molecule has 1 heterocycles. The maximum Gasteiger partial charge on any atom is 0.255 e. The van der Waals surface area contributed by atoms with Crippen molar-refractivity contribution in [3.63, 3.8) is 0 Å². The van der Waals surface area contributed by atoms with Crippen LogP contribution in [0.5, 0.6) is 23.0 Å². The summed E-state index contributed by atoms with van der Waals surface area (Å²) in [6.45, 7) is 1.29. The Hall–Kier alpha value is -2.93. The summed E-state index contributed by atoms with van der Waals surface area (Å²) in [7, 11) is 4.52. The topological polar surface area (TPSA) is 78.6 Å². The monoisotopic (exact) mass is 359 g/mol.